The number of unbranched alkanes of at least 4 members (excludes halogenated alkanes) is 1. The summed E-state index contributed by atoms with van der Waals surface area (Å²) in [6.07, 6.45) is 3.52. The van der Waals surface area contributed by atoms with Gasteiger partial charge < -0.3 is 4.90 Å². The summed E-state index contributed by atoms with van der Waals surface area (Å²) >= 11 is 5.86. The molecule has 0 spiro atoms. The van der Waals surface area contributed by atoms with Gasteiger partial charge in [0, 0.05) is 24.0 Å². The first-order valence-electron chi connectivity index (χ1n) is 8.15. The lowest BCUT2D eigenvalue weighted by molar-refractivity contribution is -0.133. The maximum atomic E-state index is 12.6. The van der Waals surface area contributed by atoms with Crippen LogP contribution in [0, 0.1) is 0 Å². The summed E-state index contributed by atoms with van der Waals surface area (Å²) in [5, 5.41) is 0.681. The molecule has 0 aromatic heterocycles. The molecule has 1 saturated heterocycles. The third kappa shape index (κ3) is 5.50. The van der Waals surface area contributed by atoms with E-state index >= 15 is 0 Å². The Labute approximate surface area is 143 Å². The maximum absolute atomic E-state index is 12.6. The molecule has 0 radical (unpaired) electrons. The van der Waals surface area contributed by atoms with E-state index in [0.29, 0.717) is 30.8 Å². The molecule has 1 amide bonds. The molecular formula is C17H24ClNO3S. The van der Waals surface area contributed by atoms with Gasteiger partial charge in [0.15, 0.2) is 9.84 Å². The smallest absolute Gasteiger partial charge is 0.223 e. The number of nitrogens with zero attached hydrogens (tertiary/aromatic N) is 1. The third-order valence-electron chi connectivity index (χ3n) is 4.26. The van der Waals surface area contributed by atoms with E-state index in [2.05, 4.69) is 6.92 Å². The number of carbonyl (C=O) groups excluding carboxylic acids is 1. The van der Waals surface area contributed by atoms with Gasteiger partial charge in [0.2, 0.25) is 5.91 Å². The van der Waals surface area contributed by atoms with Crippen LogP contribution in [-0.4, -0.2) is 43.3 Å². The number of rotatable bonds is 7. The standard InChI is InChI=1S/C17H24ClNO3S/c1-2-3-11-19(16-10-12-23(21,22)13-16)17(20)9-6-14-4-7-15(18)8-5-14/h4-5,7-8,16H,2-3,6,9-13H2,1H3. The van der Waals surface area contributed by atoms with Gasteiger partial charge >= 0.3 is 0 Å². The second kappa shape index (κ2) is 8.15. The zero-order valence-corrected chi connectivity index (χ0v) is 15.1. The number of sulfone groups is 1. The van der Waals surface area contributed by atoms with Gasteiger partial charge in [-0.15, -0.1) is 0 Å². The number of hydrogen-bond acceptors (Lipinski definition) is 3. The number of carbonyl (C=O) groups is 1. The number of halogens is 1. The number of aryl methyl sites for hydroxylation is 1. The van der Waals surface area contributed by atoms with Gasteiger partial charge in [-0.25, -0.2) is 8.42 Å². The van der Waals surface area contributed by atoms with Gasteiger partial charge in [-0.3, -0.25) is 4.79 Å². The normalized spacial score (nSPS) is 19.7. The SMILES string of the molecule is CCCCN(C(=O)CCc1ccc(Cl)cc1)C1CCS(=O)(=O)C1. The molecule has 1 aromatic carbocycles. The lowest BCUT2D eigenvalue weighted by Gasteiger charge is -2.28. The van der Waals surface area contributed by atoms with Crippen LogP contribution in [0.2, 0.25) is 5.02 Å². The van der Waals surface area contributed by atoms with E-state index in [1.165, 1.54) is 0 Å². The van der Waals surface area contributed by atoms with E-state index in [9.17, 15) is 13.2 Å². The summed E-state index contributed by atoms with van der Waals surface area (Å²) < 4.78 is 23.4. The Kier molecular flexibility index (Phi) is 6.48. The summed E-state index contributed by atoms with van der Waals surface area (Å²) in [4.78, 5) is 14.4. The molecule has 0 bridgehead atoms. The topological polar surface area (TPSA) is 54.5 Å². The quantitative estimate of drug-likeness (QED) is 0.753. The second-order valence-corrected chi connectivity index (χ2v) is 8.79. The lowest BCUT2D eigenvalue weighted by Crippen LogP contribution is -2.41. The summed E-state index contributed by atoms with van der Waals surface area (Å²) in [7, 11) is -2.98. The average Bonchev–Trinajstić information content (AvgIpc) is 2.87. The number of benzene rings is 1. The average molecular weight is 358 g/mol. The Balaban J connectivity index is 1.97. The Hall–Kier alpha value is -1.07. The van der Waals surface area contributed by atoms with E-state index in [4.69, 9.17) is 11.6 Å². The predicted octanol–water partition coefficient (Wildman–Crippen LogP) is 3.09. The Morgan fingerprint density at radius 3 is 2.57 bits per heavy atom. The fourth-order valence-corrected chi connectivity index (χ4v) is 4.76. The summed E-state index contributed by atoms with van der Waals surface area (Å²) in [6.45, 7) is 2.72. The van der Waals surface area contributed by atoms with Crippen LogP contribution in [0.4, 0.5) is 0 Å². The largest absolute Gasteiger partial charge is 0.339 e. The van der Waals surface area contributed by atoms with Crippen LogP contribution < -0.4 is 0 Å². The molecule has 1 atom stereocenters. The summed E-state index contributed by atoms with van der Waals surface area (Å²) in [5.74, 6) is 0.365. The number of amides is 1. The highest BCUT2D eigenvalue weighted by Gasteiger charge is 2.34. The van der Waals surface area contributed by atoms with Crippen molar-refractivity contribution in [1.29, 1.82) is 0 Å². The molecular weight excluding hydrogens is 334 g/mol. The van der Waals surface area contributed by atoms with Crippen molar-refractivity contribution in [3.8, 4) is 0 Å². The molecule has 0 aliphatic carbocycles. The van der Waals surface area contributed by atoms with Crippen molar-refractivity contribution in [1.82, 2.24) is 4.90 Å². The van der Waals surface area contributed by atoms with Crippen LogP contribution in [-0.2, 0) is 21.1 Å². The molecule has 1 heterocycles. The highest BCUT2D eigenvalue weighted by atomic mass is 35.5. The van der Waals surface area contributed by atoms with Crippen LogP contribution >= 0.6 is 11.6 Å². The molecule has 1 unspecified atom stereocenters. The summed E-state index contributed by atoms with van der Waals surface area (Å²) in [6, 6.07) is 7.33. The minimum atomic E-state index is -2.98. The van der Waals surface area contributed by atoms with Gasteiger partial charge in [-0.2, -0.15) is 0 Å². The second-order valence-electron chi connectivity index (χ2n) is 6.12. The highest BCUT2D eigenvalue weighted by molar-refractivity contribution is 7.91. The fraction of sp³-hybridized carbons (Fsp3) is 0.588. The van der Waals surface area contributed by atoms with Crippen LogP contribution in [0.15, 0.2) is 24.3 Å². The van der Waals surface area contributed by atoms with Crippen molar-refractivity contribution in [2.45, 2.75) is 45.1 Å². The molecule has 2 rings (SSSR count). The van der Waals surface area contributed by atoms with Gasteiger partial charge in [0.25, 0.3) is 0 Å². The summed E-state index contributed by atoms with van der Waals surface area (Å²) in [5.41, 5.74) is 1.07. The zero-order valence-electron chi connectivity index (χ0n) is 13.5. The highest BCUT2D eigenvalue weighted by Crippen LogP contribution is 2.20. The van der Waals surface area contributed by atoms with Crippen LogP contribution in [0.5, 0.6) is 0 Å². The first-order valence-corrected chi connectivity index (χ1v) is 10.4. The molecule has 1 aliphatic rings. The Morgan fingerprint density at radius 2 is 2.00 bits per heavy atom. The lowest BCUT2D eigenvalue weighted by atomic mass is 10.1. The first kappa shape index (κ1) is 18.3. The molecule has 1 fully saturated rings. The van der Waals surface area contributed by atoms with E-state index in [1.54, 1.807) is 4.90 Å². The van der Waals surface area contributed by atoms with Gasteiger partial charge in [-0.1, -0.05) is 37.1 Å². The van der Waals surface area contributed by atoms with Crippen LogP contribution in [0.25, 0.3) is 0 Å². The molecule has 128 valence electrons. The van der Waals surface area contributed by atoms with Crippen LogP contribution in [0.1, 0.15) is 38.2 Å². The van der Waals surface area contributed by atoms with E-state index in [1.807, 2.05) is 24.3 Å². The molecule has 4 nitrogen and oxygen atoms in total. The predicted molar refractivity (Wildman–Crippen MR) is 93.5 cm³/mol. The third-order valence-corrected chi connectivity index (χ3v) is 6.27. The molecule has 1 aliphatic heterocycles. The van der Waals surface area contributed by atoms with Gasteiger partial charge in [-0.05, 0) is 37.0 Å². The van der Waals surface area contributed by atoms with Crippen molar-refractivity contribution < 1.29 is 13.2 Å². The maximum Gasteiger partial charge on any atom is 0.223 e. The molecule has 0 saturated carbocycles. The molecule has 23 heavy (non-hydrogen) atoms. The van der Waals surface area contributed by atoms with Crippen molar-refractivity contribution >= 4 is 27.3 Å². The molecule has 0 N–H and O–H groups in total. The minimum absolute atomic E-state index is 0.0514. The monoisotopic (exact) mass is 357 g/mol. The minimum Gasteiger partial charge on any atom is -0.339 e. The van der Waals surface area contributed by atoms with Crippen LogP contribution in [0.3, 0.4) is 0 Å². The Morgan fingerprint density at radius 1 is 1.30 bits per heavy atom. The van der Waals surface area contributed by atoms with E-state index < -0.39 is 9.84 Å². The van der Waals surface area contributed by atoms with E-state index in [0.717, 1.165) is 18.4 Å². The molecule has 6 heteroatoms. The van der Waals surface area contributed by atoms with Crippen molar-refractivity contribution in [3.05, 3.63) is 34.9 Å². The van der Waals surface area contributed by atoms with E-state index in [-0.39, 0.29) is 23.5 Å². The van der Waals surface area contributed by atoms with Gasteiger partial charge in [0.1, 0.15) is 0 Å². The van der Waals surface area contributed by atoms with Crippen molar-refractivity contribution in [2.24, 2.45) is 0 Å². The van der Waals surface area contributed by atoms with Gasteiger partial charge in [0.05, 0.1) is 11.5 Å². The zero-order chi connectivity index (χ0) is 16.9. The van der Waals surface area contributed by atoms with Crippen molar-refractivity contribution in [3.63, 3.8) is 0 Å². The first-order chi connectivity index (χ1) is 10.9. The Bertz CT molecular complexity index is 628. The molecule has 1 aromatic rings. The fourth-order valence-electron chi connectivity index (χ4n) is 2.91. The number of hydrogen-bond donors (Lipinski definition) is 0. The van der Waals surface area contributed by atoms with Crippen molar-refractivity contribution in [2.75, 3.05) is 18.1 Å².